The highest BCUT2D eigenvalue weighted by atomic mass is 35.5. The first-order valence-electron chi connectivity index (χ1n) is 11.1. The van der Waals surface area contributed by atoms with Gasteiger partial charge in [-0.3, -0.25) is 9.69 Å². The van der Waals surface area contributed by atoms with E-state index in [0.29, 0.717) is 23.6 Å². The average Bonchev–Trinajstić information content (AvgIpc) is 3.52. The van der Waals surface area contributed by atoms with Crippen LogP contribution in [0, 0.1) is 17.6 Å². The van der Waals surface area contributed by atoms with E-state index in [-0.39, 0.29) is 45.8 Å². The Balaban J connectivity index is 1.37. The Morgan fingerprint density at radius 1 is 1.17 bits per heavy atom. The van der Waals surface area contributed by atoms with E-state index in [2.05, 4.69) is 4.98 Å². The van der Waals surface area contributed by atoms with Gasteiger partial charge in [-0.15, -0.1) is 0 Å². The summed E-state index contributed by atoms with van der Waals surface area (Å²) in [6, 6.07) is 11.3. The molecular formula is C24H20ClF2N3O4S2. The summed E-state index contributed by atoms with van der Waals surface area (Å²) in [5.74, 6) is -1.80. The molecule has 0 spiro atoms. The lowest BCUT2D eigenvalue weighted by molar-refractivity contribution is -0.123. The number of hydrogen-bond acceptors (Lipinski definition) is 6. The molecule has 1 aliphatic heterocycles. The smallest absolute Gasteiger partial charge is 0.243 e. The molecule has 0 aliphatic carbocycles. The average molecular weight is 552 g/mol. The number of benzene rings is 2. The zero-order chi connectivity index (χ0) is 25.4. The summed E-state index contributed by atoms with van der Waals surface area (Å²) >= 11 is 6.88. The van der Waals surface area contributed by atoms with Crippen molar-refractivity contribution in [2.24, 2.45) is 5.92 Å². The van der Waals surface area contributed by atoms with Gasteiger partial charge in [-0.2, -0.15) is 4.31 Å². The van der Waals surface area contributed by atoms with Crippen LogP contribution in [0.25, 0.3) is 10.2 Å². The Morgan fingerprint density at radius 2 is 1.89 bits per heavy atom. The van der Waals surface area contributed by atoms with Gasteiger partial charge in [0.2, 0.25) is 15.9 Å². The van der Waals surface area contributed by atoms with Crippen LogP contribution in [0.5, 0.6) is 0 Å². The highest BCUT2D eigenvalue weighted by Gasteiger charge is 2.35. The molecule has 0 atom stereocenters. The fourth-order valence-corrected chi connectivity index (χ4v) is 6.78. The number of carbonyl (C=O) groups is 1. The van der Waals surface area contributed by atoms with E-state index in [1.54, 1.807) is 12.1 Å². The van der Waals surface area contributed by atoms with Crippen molar-refractivity contribution in [2.75, 3.05) is 18.0 Å². The largest absolute Gasteiger partial charge is 0.467 e. The molecule has 1 fully saturated rings. The van der Waals surface area contributed by atoms with E-state index in [0.717, 1.165) is 17.4 Å². The number of sulfonamides is 1. The highest BCUT2D eigenvalue weighted by molar-refractivity contribution is 7.89. The molecule has 1 amide bonds. The maximum Gasteiger partial charge on any atom is 0.243 e. The molecule has 3 heterocycles. The predicted octanol–water partition coefficient (Wildman–Crippen LogP) is 5.46. The first-order chi connectivity index (χ1) is 17.2. The number of anilines is 1. The third-order valence-corrected chi connectivity index (χ3v) is 9.24. The summed E-state index contributed by atoms with van der Waals surface area (Å²) in [4.78, 5) is 19.4. The van der Waals surface area contributed by atoms with Gasteiger partial charge in [-0.05, 0) is 55.3 Å². The van der Waals surface area contributed by atoms with Gasteiger partial charge in [0, 0.05) is 30.1 Å². The Morgan fingerprint density at radius 3 is 2.56 bits per heavy atom. The minimum Gasteiger partial charge on any atom is -0.467 e. The van der Waals surface area contributed by atoms with Crippen molar-refractivity contribution in [3.8, 4) is 0 Å². The van der Waals surface area contributed by atoms with Gasteiger partial charge in [0.15, 0.2) is 10.9 Å². The molecular weight excluding hydrogens is 532 g/mol. The Hall–Kier alpha value is -2.86. The normalized spacial score (nSPS) is 15.4. The van der Waals surface area contributed by atoms with Crippen molar-refractivity contribution < 1.29 is 26.4 Å². The number of aromatic nitrogens is 1. The van der Waals surface area contributed by atoms with Crippen molar-refractivity contribution in [2.45, 2.75) is 24.3 Å². The van der Waals surface area contributed by atoms with Gasteiger partial charge in [0.1, 0.15) is 17.1 Å². The fraction of sp³-hybridized carbons (Fsp3) is 0.250. The van der Waals surface area contributed by atoms with Crippen LogP contribution in [0.1, 0.15) is 18.6 Å². The van der Waals surface area contributed by atoms with Gasteiger partial charge in [0.05, 0.1) is 22.4 Å². The quantitative estimate of drug-likeness (QED) is 0.318. The molecule has 0 bridgehead atoms. The number of rotatable bonds is 6. The summed E-state index contributed by atoms with van der Waals surface area (Å²) in [7, 11) is -3.72. The van der Waals surface area contributed by atoms with E-state index >= 15 is 0 Å². The number of halogens is 3. The Kier molecular flexibility index (Phi) is 6.82. The highest BCUT2D eigenvalue weighted by Crippen LogP contribution is 2.34. The van der Waals surface area contributed by atoms with Gasteiger partial charge in [-0.25, -0.2) is 22.2 Å². The second-order valence-electron chi connectivity index (χ2n) is 8.37. The molecule has 2 aromatic carbocycles. The summed E-state index contributed by atoms with van der Waals surface area (Å²) in [5, 5.41) is 0.652. The van der Waals surface area contributed by atoms with Crippen molar-refractivity contribution >= 4 is 54.2 Å². The van der Waals surface area contributed by atoms with E-state index in [1.165, 1.54) is 45.8 Å². The lowest BCUT2D eigenvalue weighted by Gasteiger charge is -2.32. The molecule has 0 N–H and O–H groups in total. The number of piperidine rings is 1. The number of hydrogen-bond donors (Lipinski definition) is 0. The number of nitrogens with zero attached hydrogens (tertiary/aromatic N) is 3. The Bertz CT molecular complexity index is 1500. The molecule has 0 unspecified atom stereocenters. The molecule has 36 heavy (non-hydrogen) atoms. The standard InChI is InChI=1S/C24H20ClF2N3O4S2/c25-16-3-5-19(6-4-16)36(32,33)29-9-7-15(8-10-29)23(31)30(14-18-2-1-11-34-18)24-28-22-20(27)12-17(26)13-21(22)35-24/h1-6,11-13,15H,7-10,14H2. The van der Waals surface area contributed by atoms with Crippen molar-refractivity contribution in [3.63, 3.8) is 0 Å². The summed E-state index contributed by atoms with van der Waals surface area (Å²) in [6.45, 7) is 0.379. The van der Waals surface area contributed by atoms with Crippen LogP contribution in [-0.2, 0) is 21.4 Å². The Labute approximate surface area is 215 Å². The number of carbonyl (C=O) groups excluding carboxylic acids is 1. The van der Waals surface area contributed by atoms with Crippen LogP contribution in [0.2, 0.25) is 5.02 Å². The van der Waals surface area contributed by atoms with Gasteiger partial charge >= 0.3 is 0 Å². The number of amides is 1. The predicted molar refractivity (Wildman–Crippen MR) is 132 cm³/mol. The fourth-order valence-electron chi connectivity index (χ4n) is 4.18. The molecule has 5 rings (SSSR count). The zero-order valence-electron chi connectivity index (χ0n) is 18.7. The van der Waals surface area contributed by atoms with Crippen LogP contribution in [0.3, 0.4) is 0 Å². The number of furan rings is 1. The number of thiazole rings is 1. The first-order valence-corrected chi connectivity index (χ1v) is 13.7. The first kappa shape index (κ1) is 24.8. The lowest BCUT2D eigenvalue weighted by Crippen LogP contribution is -2.44. The van der Waals surface area contributed by atoms with Crippen molar-refractivity contribution in [1.82, 2.24) is 9.29 Å². The molecule has 4 aromatic rings. The number of fused-ring (bicyclic) bond motifs is 1. The van der Waals surface area contributed by atoms with Crippen LogP contribution >= 0.6 is 22.9 Å². The molecule has 1 aliphatic rings. The van der Waals surface area contributed by atoms with E-state index in [1.807, 2.05) is 0 Å². The second-order valence-corrected chi connectivity index (χ2v) is 11.8. The summed E-state index contributed by atoms with van der Waals surface area (Å²) < 4.78 is 61.1. The zero-order valence-corrected chi connectivity index (χ0v) is 21.1. The molecule has 0 radical (unpaired) electrons. The summed E-state index contributed by atoms with van der Waals surface area (Å²) in [5.41, 5.74) is -0.0162. The van der Waals surface area contributed by atoms with Crippen molar-refractivity contribution in [1.29, 1.82) is 0 Å². The lowest BCUT2D eigenvalue weighted by atomic mass is 9.96. The van der Waals surface area contributed by atoms with Crippen molar-refractivity contribution in [3.05, 3.63) is 77.2 Å². The van der Waals surface area contributed by atoms with Gasteiger partial charge in [0.25, 0.3) is 0 Å². The van der Waals surface area contributed by atoms with E-state index in [9.17, 15) is 22.0 Å². The van der Waals surface area contributed by atoms with Crippen LogP contribution in [-0.4, -0.2) is 36.7 Å². The molecule has 7 nitrogen and oxygen atoms in total. The monoisotopic (exact) mass is 551 g/mol. The minimum absolute atomic E-state index is 0.0162. The third kappa shape index (κ3) is 4.88. The molecule has 12 heteroatoms. The SMILES string of the molecule is O=C(C1CCN(S(=O)(=O)c2ccc(Cl)cc2)CC1)N(Cc1ccco1)c1nc2c(F)cc(F)cc2s1. The second kappa shape index (κ2) is 9.89. The van der Waals surface area contributed by atoms with Crippen LogP contribution in [0.15, 0.2) is 64.1 Å². The van der Waals surface area contributed by atoms with Gasteiger partial charge < -0.3 is 4.42 Å². The molecule has 0 saturated carbocycles. The summed E-state index contributed by atoms with van der Waals surface area (Å²) in [6.07, 6.45) is 2.08. The van der Waals surface area contributed by atoms with Gasteiger partial charge in [-0.1, -0.05) is 22.9 Å². The maximum atomic E-state index is 14.3. The molecule has 188 valence electrons. The van der Waals surface area contributed by atoms with Crippen LogP contribution in [0.4, 0.5) is 13.9 Å². The molecule has 1 saturated heterocycles. The van der Waals surface area contributed by atoms with E-state index in [4.69, 9.17) is 16.0 Å². The minimum atomic E-state index is -3.72. The van der Waals surface area contributed by atoms with Crippen LogP contribution < -0.4 is 4.90 Å². The topological polar surface area (TPSA) is 83.7 Å². The third-order valence-electron chi connectivity index (χ3n) is 6.05. The van der Waals surface area contributed by atoms with E-state index < -0.39 is 27.6 Å². The molecule has 2 aromatic heterocycles. The maximum absolute atomic E-state index is 14.3.